The van der Waals surface area contributed by atoms with Crippen molar-refractivity contribution in [3.8, 4) is 11.5 Å². The summed E-state index contributed by atoms with van der Waals surface area (Å²) in [6.07, 6.45) is -0.997. The predicted molar refractivity (Wildman–Crippen MR) is 104 cm³/mol. The fourth-order valence-electron chi connectivity index (χ4n) is 5.20. The highest BCUT2D eigenvalue weighted by Gasteiger charge is 2.68. The second kappa shape index (κ2) is 6.09. The number of epoxide rings is 1. The summed E-state index contributed by atoms with van der Waals surface area (Å²) in [4.78, 5) is 28.1. The Kier molecular flexibility index (Phi) is 3.83. The second-order valence-corrected chi connectivity index (χ2v) is 9.59. The smallest absolute Gasteiger partial charge is 0.327 e. The van der Waals surface area contributed by atoms with Crippen LogP contribution in [-0.2, 0) is 19.0 Å². The number of ether oxygens (including phenoxy) is 5. The fourth-order valence-corrected chi connectivity index (χ4v) is 5.78. The molecule has 4 fully saturated rings. The largest absolute Gasteiger partial charge is 0.454 e. The zero-order valence-electron chi connectivity index (χ0n) is 16.7. The number of hydrogen-bond donors (Lipinski definition) is 0. The summed E-state index contributed by atoms with van der Waals surface area (Å²) >= 11 is 3.66. The molecule has 1 saturated carbocycles. The molecule has 0 bridgehead atoms. The summed E-state index contributed by atoms with van der Waals surface area (Å²) in [6, 6.07) is 3.03. The third-order valence-corrected chi connectivity index (χ3v) is 7.22. The Labute approximate surface area is 181 Å². The van der Waals surface area contributed by atoms with E-state index in [9.17, 15) is 9.59 Å². The number of amides is 3. The van der Waals surface area contributed by atoms with Crippen LogP contribution in [0.4, 0.5) is 4.79 Å². The van der Waals surface area contributed by atoms with Crippen LogP contribution < -0.4 is 9.47 Å². The van der Waals surface area contributed by atoms with Crippen molar-refractivity contribution in [3.63, 3.8) is 0 Å². The molecule has 4 heterocycles. The summed E-state index contributed by atoms with van der Waals surface area (Å²) in [6.45, 7) is 3.88. The molecule has 160 valence electrons. The van der Waals surface area contributed by atoms with Crippen LogP contribution in [0.25, 0.3) is 0 Å². The Morgan fingerprint density at radius 3 is 2.43 bits per heavy atom. The molecular weight excluding hydrogens is 460 g/mol. The molecule has 1 aliphatic carbocycles. The minimum absolute atomic E-state index is 0.00304. The average Bonchev–Trinajstić information content (AvgIpc) is 3.13. The van der Waals surface area contributed by atoms with E-state index in [0.29, 0.717) is 11.5 Å². The van der Waals surface area contributed by atoms with Crippen LogP contribution in [0.15, 0.2) is 16.6 Å². The maximum absolute atomic E-state index is 13.0. The number of urea groups is 1. The second-order valence-electron chi connectivity index (χ2n) is 8.74. The summed E-state index contributed by atoms with van der Waals surface area (Å²) in [5, 5.41) is 0. The van der Waals surface area contributed by atoms with Gasteiger partial charge in [0, 0.05) is 17.4 Å². The Bertz CT molecular complexity index is 969. The van der Waals surface area contributed by atoms with Gasteiger partial charge in [0.2, 0.25) is 12.7 Å². The van der Waals surface area contributed by atoms with Crippen molar-refractivity contribution in [2.45, 2.75) is 56.0 Å². The molecule has 0 spiro atoms. The van der Waals surface area contributed by atoms with Gasteiger partial charge in [0.1, 0.15) is 24.9 Å². The van der Waals surface area contributed by atoms with Gasteiger partial charge in [-0.3, -0.25) is 9.69 Å². The molecule has 3 saturated heterocycles. The molecular formula is C20H21BrN2O7. The Morgan fingerprint density at radius 1 is 1.03 bits per heavy atom. The Hall–Kier alpha value is -1.88. The fraction of sp³-hybridized carbons (Fsp3) is 0.600. The van der Waals surface area contributed by atoms with Crippen molar-refractivity contribution in [1.29, 1.82) is 0 Å². The van der Waals surface area contributed by atoms with Crippen LogP contribution in [0, 0.1) is 0 Å². The molecule has 0 aromatic heterocycles. The van der Waals surface area contributed by atoms with Crippen molar-refractivity contribution in [2.75, 3.05) is 20.4 Å². The van der Waals surface area contributed by atoms with E-state index in [1.807, 2.05) is 26.0 Å². The number of benzene rings is 1. The first-order valence-electron chi connectivity index (χ1n) is 9.92. The number of halogens is 1. The third kappa shape index (κ3) is 2.57. The number of hydrogen-bond acceptors (Lipinski definition) is 7. The first kappa shape index (κ1) is 18.9. The molecule has 10 heteroatoms. The highest BCUT2D eigenvalue weighted by molar-refractivity contribution is 9.10. The van der Waals surface area contributed by atoms with Crippen LogP contribution in [0.5, 0.6) is 11.5 Å². The Balaban J connectivity index is 1.47. The lowest BCUT2D eigenvalue weighted by Crippen LogP contribution is -2.57. The van der Waals surface area contributed by atoms with Crippen LogP contribution in [-0.4, -0.2) is 78.4 Å². The quantitative estimate of drug-likeness (QED) is 0.471. The minimum Gasteiger partial charge on any atom is -0.454 e. The van der Waals surface area contributed by atoms with E-state index in [1.165, 1.54) is 7.05 Å². The lowest BCUT2D eigenvalue weighted by Gasteiger charge is -2.41. The molecule has 30 heavy (non-hydrogen) atoms. The average molecular weight is 481 g/mol. The number of carbonyl (C=O) groups excluding carboxylic acids is 2. The zero-order valence-corrected chi connectivity index (χ0v) is 18.2. The first-order chi connectivity index (χ1) is 14.2. The van der Waals surface area contributed by atoms with E-state index < -0.39 is 17.9 Å². The molecule has 6 rings (SSSR count). The SMILES string of the molecule is CN1C(=O)CN([C@H]2[C@@H]3OC(C)(C)O[C@@H]3[C@H]3O[C@H]3[C@@H]2c2cc3c(cc2Br)OCO3)C1=O. The molecule has 0 N–H and O–H groups in total. The number of imide groups is 1. The molecule has 9 nitrogen and oxygen atoms in total. The van der Waals surface area contributed by atoms with E-state index in [1.54, 1.807) is 4.90 Å². The van der Waals surface area contributed by atoms with Crippen molar-refractivity contribution < 1.29 is 33.3 Å². The molecule has 3 amide bonds. The zero-order chi connectivity index (χ0) is 20.9. The van der Waals surface area contributed by atoms with Gasteiger partial charge in [-0.2, -0.15) is 0 Å². The summed E-state index contributed by atoms with van der Waals surface area (Å²) in [7, 11) is 1.50. The maximum atomic E-state index is 13.0. The Morgan fingerprint density at radius 2 is 1.73 bits per heavy atom. The first-order valence-corrected chi connectivity index (χ1v) is 10.7. The molecule has 1 aromatic carbocycles. The highest BCUT2D eigenvalue weighted by atomic mass is 79.9. The van der Waals surface area contributed by atoms with Gasteiger partial charge in [-0.05, 0) is 31.5 Å². The van der Waals surface area contributed by atoms with Gasteiger partial charge in [-0.25, -0.2) is 4.79 Å². The number of rotatable bonds is 2. The van der Waals surface area contributed by atoms with Gasteiger partial charge < -0.3 is 28.6 Å². The van der Waals surface area contributed by atoms with E-state index >= 15 is 0 Å². The van der Waals surface area contributed by atoms with Gasteiger partial charge in [-0.15, -0.1) is 0 Å². The van der Waals surface area contributed by atoms with E-state index in [2.05, 4.69) is 15.9 Å². The third-order valence-electron chi connectivity index (χ3n) is 6.53. The highest BCUT2D eigenvalue weighted by Crippen LogP contribution is 2.56. The molecule has 6 atom stereocenters. The lowest BCUT2D eigenvalue weighted by molar-refractivity contribution is -0.152. The number of nitrogens with zero attached hydrogens (tertiary/aromatic N) is 2. The monoisotopic (exact) mass is 480 g/mol. The van der Waals surface area contributed by atoms with Crippen molar-refractivity contribution in [2.24, 2.45) is 0 Å². The van der Waals surface area contributed by atoms with Crippen LogP contribution in [0.1, 0.15) is 25.3 Å². The van der Waals surface area contributed by atoms with Crippen molar-refractivity contribution in [3.05, 3.63) is 22.2 Å². The predicted octanol–water partition coefficient (Wildman–Crippen LogP) is 1.83. The molecule has 4 aliphatic heterocycles. The minimum atomic E-state index is -0.802. The van der Waals surface area contributed by atoms with Gasteiger partial charge in [0.25, 0.3) is 0 Å². The summed E-state index contributed by atoms with van der Waals surface area (Å²) in [5.74, 6) is 0.0518. The van der Waals surface area contributed by atoms with E-state index in [4.69, 9.17) is 23.7 Å². The van der Waals surface area contributed by atoms with Crippen molar-refractivity contribution in [1.82, 2.24) is 9.80 Å². The summed E-state index contributed by atoms with van der Waals surface area (Å²) in [5.41, 5.74) is 0.929. The molecule has 0 unspecified atom stereocenters. The van der Waals surface area contributed by atoms with Crippen LogP contribution in [0.3, 0.4) is 0 Å². The van der Waals surface area contributed by atoms with Gasteiger partial charge >= 0.3 is 6.03 Å². The van der Waals surface area contributed by atoms with Gasteiger partial charge in [-0.1, -0.05) is 15.9 Å². The normalized spacial score (nSPS) is 38.1. The maximum Gasteiger partial charge on any atom is 0.327 e. The van der Waals surface area contributed by atoms with Gasteiger partial charge in [0.15, 0.2) is 17.3 Å². The topological polar surface area (TPSA) is 90.1 Å². The number of carbonyl (C=O) groups is 2. The molecule has 1 aromatic rings. The van der Waals surface area contributed by atoms with Crippen molar-refractivity contribution >= 4 is 27.9 Å². The van der Waals surface area contributed by atoms with E-state index in [-0.39, 0.29) is 49.5 Å². The standard InChI is InChI=1S/C20H21BrN2O7/c1-20(2)29-16-14(23-6-12(24)22(3)19(23)25)13(15-17(28-15)18(16)30-20)8-4-10-11(5-9(8)21)27-7-26-10/h4-5,13-18H,6-7H2,1-3H3/t13-,14-,15+,16+,17+,18+/m1/s1. The lowest BCUT2D eigenvalue weighted by atomic mass is 9.76. The van der Waals surface area contributed by atoms with E-state index in [0.717, 1.165) is 14.9 Å². The van der Waals surface area contributed by atoms with Crippen LogP contribution >= 0.6 is 15.9 Å². The summed E-state index contributed by atoms with van der Waals surface area (Å²) < 4.78 is 30.4. The number of likely N-dealkylation sites (N-methyl/N-ethyl adjacent to an activating group) is 1. The molecule has 5 aliphatic rings. The molecule has 0 radical (unpaired) electrons. The van der Waals surface area contributed by atoms with Gasteiger partial charge in [0.05, 0.1) is 12.1 Å². The van der Waals surface area contributed by atoms with Crippen LogP contribution in [0.2, 0.25) is 0 Å². The number of fused-ring (bicyclic) bond motifs is 4.